The summed E-state index contributed by atoms with van der Waals surface area (Å²) >= 11 is 4.97. The molecule has 2 aromatic carbocycles. The molecule has 1 heterocycles. The summed E-state index contributed by atoms with van der Waals surface area (Å²) < 4.78 is 9.66. The zero-order chi connectivity index (χ0) is 18.7. The molecule has 1 aromatic heterocycles. The first-order chi connectivity index (χ1) is 12.5. The van der Waals surface area contributed by atoms with Crippen molar-refractivity contribution in [3.8, 4) is 5.75 Å². The molecule has 1 amide bonds. The fraction of sp³-hybridized carbons (Fsp3) is 0.200. The van der Waals surface area contributed by atoms with Crippen molar-refractivity contribution in [1.29, 1.82) is 0 Å². The van der Waals surface area contributed by atoms with Gasteiger partial charge in [0, 0.05) is 16.6 Å². The number of fused-ring (bicyclic) bond motifs is 1. The predicted octanol–water partition coefficient (Wildman–Crippen LogP) is 5.18. The lowest BCUT2D eigenvalue weighted by Crippen LogP contribution is -2.16. The zero-order valence-electron chi connectivity index (χ0n) is 14.6. The van der Waals surface area contributed by atoms with Crippen molar-refractivity contribution in [3.63, 3.8) is 0 Å². The Labute approximate surface area is 164 Å². The molecule has 4 nitrogen and oxygen atoms in total. The number of nitrogens with zero attached hydrogens (tertiary/aromatic N) is 2. The molecule has 26 heavy (non-hydrogen) atoms. The van der Waals surface area contributed by atoms with Crippen molar-refractivity contribution in [2.24, 2.45) is 4.99 Å². The first-order valence-corrected chi connectivity index (χ1v) is 9.84. The van der Waals surface area contributed by atoms with Crippen molar-refractivity contribution in [3.05, 3.63) is 70.0 Å². The molecule has 0 spiro atoms. The molecule has 0 aliphatic heterocycles. The summed E-state index contributed by atoms with van der Waals surface area (Å²) in [6, 6.07) is 13.1. The average Bonchev–Trinajstić information content (AvgIpc) is 2.91. The Hall–Kier alpha value is -2.18. The van der Waals surface area contributed by atoms with Crippen LogP contribution in [0.25, 0.3) is 10.2 Å². The number of allylic oxidation sites excluding steroid dienone is 1. The van der Waals surface area contributed by atoms with E-state index in [1.807, 2.05) is 36.6 Å². The van der Waals surface area contributed by atoms with Gasteiger partial charge in [-0.05, 0) is 56.3 Å². The largest absolute Gasteiger partial charge is 0.491 e. The highest BCUT2D eigenvalue weighted by Gasteiger charge is 2.09. The summed E-state index contributed by atoms with van der Waals surface area (Å²) in [5.74, 6) is 0.467. The molecule has 0 radical (unpaired) electrons. The molecule has 0 saturated heterocycles. The van der Waals surface area contributed by atoms with E-state index in [0.717, 1.165) is 20.4 Å². The lowest BCUT2D eigenvalue weighted by molar-refractivity contribution is 0.0998. The zero-order valence-corrected chi connectivity index (χ0v) is 17.0. The van der Waals surface area contributed by atoms with Crippen molar-refractivity contribution in [1.82, 2.24) is 4.57 Å². The van der Waals surface area contributed by atoms with Crippen LogP contribution >= 0.6 is 27.3 Å². The number of rotatable bonds is 5. The van der Waals surface area contributed by atoms with Gasteiger partial charge in [-0.3, -0.25) is 4.79 Å². The summed E-state index contributed by atoms with van der Waals surface area (Å²) in [6.07, 6.45) is 1.90. The lowest BCUT2D eigenvalue weighted by atomic mass is 10.2. The molecule has 0 saturated carbocycles. The van der Waals surface area contributed by atoms with Crippen LogP contribution in [0.3, 0.4) is 0 Å². The van der Waals surface area contributed by atoms with Crippen LogP contribution in [0.2, 0.25) is 0 Å². The summed E-state index contributed by atoms with van der Waals surface area (Å²) in [5.41, 5.74) is 1.57. The standard InChI is InChI=1S/C20H19BrN2O2S/c1-4-11-23-17-10-7-15(21)12-18(17)26-20(23)22-19(24)14-5-8-16(9-6-14)25-13(2)3/h4-10,12-13H,1,11H2,2-3H3. The summed E-state index contributed by atoms with van der Waals surface area (Å²) in [5, 5.41) is 0. The van der Waals surface area contributed by atoms with Crippen LogP contribution in [0, 0.1) is 0 Å². The van der Waals surface area contributed by atoms with Gasteiger partial charge in [-0.1, -0.05) is 33.3 Å². The number of halogens is 1. The van der Waals surface area contributed by atoms with Crippen LogP contribution in [0.1, 0.15) is 24.2 Å². The van der Waals surface area contributed by atoms with Gasteiger partial charge in [0.05, 0.1) is 16.3 Å². The Bertz CT molecular complexity index is 1020. The fourth-order valence-corrected chi connectivity index (χ4v) is 4.13. The van der Waals surface area contributed by atoms with Gasteiger partial charge in [0.1, 0.15) is 5.75 Å². The number of amides is 1. The van der Waals surface area contributed by atoms with E-state index in [2.05, 4.69) is 27.5 Å². The molecule has 134 valence electrons. The fourth-order valence-electron chi connectivity index (χ4n) is 2.54. The molecular formula is C20H19BrN2O2S. The van der Waals surface area contributed by atoms with E-state index in [-0.39, 0.29) is 12.0 Å². The number of ether oxygens (including phenoxy) is 1. The van der Waals surface area contributed by atoms with E-state index >= 15 is 0 Å². The number of aromatic nitrogens is 1. The van der Waals surface area contributed by atoms with Gasteiger partial charge in [0.2, 0.25) is 0 Å². The van der Waals surface area contributed by atoms with E-state index in [1.165, 1.54) is 11.3 Å². The molecule has 6 heteroatoms. The molecule has 0 bridgehead atoms. The Morgan fingerprint density at radius 1 is 1.31 bits per heavy atom. The molecular weight excluding hydrogens is 412 g/mol. The van der Waals surface area contributed by atoms with Crippen molar-refractivity contribution in [2.45, 2.75) is 26.5 Å². The van der Waals surface area contributed by atoms with Gasteiger partial charge in [-0.15, -0.1) is 6.58 Å². The van der Waals surface area contributed by atoms with Crippen LogP contribution in [0.15, 0.2) is 64.6 Å². The number of hydrogen-bond acceptors (Lipinski definition) is 3. The SMILES string of the molecule is C=CCn1c(=NC(=O)c2ccc(OC(C)C)cc2)sc2cc(Br)ccc21. The second-order valence-electron chi connectivity index (χ2n) is 6.00. The highest BCUT2D eigenvalue weighted by atomic mass is 79.9. The second-order valence-corrected chi connectivity index (χ2v) is 7.93. The van der Waals surface area contributed by atoms with Gasteiger partial charge in [-0.25, -0.2) is 0 Å². The van der Waals surface area contributed by atoms with Gasteiger partial charge in [-0.2, -0.15) is 4.99 Å². The quantitative estimate of drug-likeness (QED) is 0.523. The van der Waals surface area contributed by atoms with Gasteiger partial charge < -0.3 is 9.30 Å². The lowest BCUT2D eigenvalue weighted by Gasteiger charge is -2.09. The van der Waals surface area contributed by atoms with Crippen molar-refractivity contribution in [2.75, 3.05) is 0 Å². The monoisotopic (exact) mass is 430 g/mol. The normalized spacial score (nSPS) is 11.9. The first kappa shape index (κ1) is 18.6. The molecule has 3 rings (SSSR count). The summed E-state index contributed by atoms with van der Waals surface area (Å²) in [7, 11) is 0. The molecule has 0 unspecified atom stereocenters. The third-order valence-corrected chi connectivity index (χ3v) is 5.16. The predicted molar refractivity (Wildman–Crippen MR) is 110 cm³/mol. The maximum atomic E-state index is 12.6. The van der Waals surface area contributed by atoms with Crippen LogP contribution in [-0.4, -0.2) is 16.6 Å². The Kier molecular flexibility index (Phi) is 5.74. The van der Waals surface area contributed by atoms with E-state index < -0.39 is 0 Å². The molecule has 0 fully saturated rings. The number of hydrogen-bond donors (Lipinski definition) is 0. The van der Waals surface area contributed by atoms with Crippen LogP contribution in [0.5, 0.6) is 5.75 Å². The van der Waals surface area contributed by atoms with Crippen LogP contribution in [-0.2, 0) is 6.54 Å². The first-order valence-electron chi connectivity index (χ1n) is 8.23. The Morgan fingerprint density at radius 3 is 2.69 bits per heavy atom. The number of carbonyl (C=O) groups excluding carboxylic acids is 1. The maximum Gasteiger partial charge on any atom is 0.279 e. The number of benzene rings is 2. The minimum Gasteiger partial charge on any atom is -0.491 e. The highest BCUT2D eigenvalue weighted by Crippen LogP contribution is 2.22. The van der Waals surface area contributed by atoms with Crippen LogP contribution in [0.4, 0.5) is 0 Å². The molecule has 3 aromatic rings. The highest BCUT2D eigenvalue weighted by molar-refractivity contribution is 9.10. The summed E-state index contributed by atoms with van der Waals surface area (Å²) in [6.45, 7) is 8.33. The van der Waals surface area contributed by atoms with Crippen molar-refractivity contribution < 1.29 is 9.53 Å². The minimum atomic E-state index is -0.274. The van der Waals surface area contributed by atoms with Gasteiger partial charge >= 0.3 is 0 Å². The number of carbonyl (C=O) groups is 1. The molecule has 0 atom stereocenters. The van der Waals surface area contributed by atoms with E-state index in [9.17, 15) is 4.79 Å². The van der Waals surface area contributed by atoms with Crippen molar-refractivity contribution >= 4 is 43.4 Å². The van der Waals surface area contributed by atoms with Crippen LogP contribution < -0.4 is 9.54 Å². The third-order valence-electron chi connectivity index (χ3n) is 3.63. The van der Waals surface area contributed by atoms with E-state index in [4.69, 9.17) is 4.74 Å². The maximum absolute atomic E-state index is 12.6. The molecule has 0 aliphatic rings. The molecule has 0 N–H and O–H groups in total. The Morgan fingerprint density at radius 2 is 2.04 bits per heavy atom. The van der Waals surface area contributed by atoms with E-state index in [0.29, 0.717) is 16.9 Å². The minimum absolute atomic E-state index is 0.0944. The molecule has 0 aliphatic carbocycles. The van der Waals surface area contributed by atoms with Gasteiger partial charge in [0.15, 0.2) is 4.80 Å². The Balaban J connectivity index is 1.99. The average molecular weight is 431 g/mol. The second kappa shape index (κ2) is 8.01. The topological polar surface area (TPSA) is 43.6 Å². The number of thiazole rings is 1. The van der Waals surface area contributed by atoms with E-state index in [1.54, 1.807) is 30.3 Å². The van der Waals surface area contributed by atoms with Gasteiger partial charge in [0.25, 0.3) is 5.91 Å². The smallest absolute Gasteiger partial charge is 0.279 e. The third kappa shape index (κ3) is 4.14. The summed E-state index contributed by atoms with van der Waals surface area (Å²) in [4.78, 5) is 17.6.